The van der Waals surface area contributed by atoms with E-state index in [1.54, 1.807) is 14.2 Å². The topological polar surface area (TPSA) is 50.8 Å². The Bertz CT molecular complexity index is 1020. The van der Waals surface area contributed by atoms with E-state index in [1.165, 1.54) is 0 Å². The summed E-state index contributed by atoms with van der Waals surface area (Å²) in [6, 6.07) is 26.2. The quantitative estimate of drug-likeness (QED) is 0.610. The number of methoxy groups -OCH3 is 2. The van der Waals surface area contributed by atoms with Crippen LogP contribution >= 0.6 is 0 Å². The van der Waals surface area contributed by atoms with Gasteiger partial charge in [0.1, 0.15) is 0 Å². The molecule has 0 aromatic heterocycles. The number of ether oxygens (including phenoxy) is 2. The molecule has 1 N–H and O–H groups in total. The number of hydrogen-bond acceptors (Lipinski definition) is 4. The third-order valence-corrected chi connectivity index (χ3v) is 6.15. The van der Waals surface area contributed by atoms with Gasteiger partial charge in [0, 0.05) is 13.1 Å². The number of nitrogens with one attached hydrogen (secondary N) is 1. The predicted molar refractivity (Wildman–Crippen MR) is 126 cm³/mol. The van der Waals surface area contributed by atoms with E-state index in [1.807, 2.05) is 66.4 Å². The number of amides is 1. The molecule has 1 unspecified atom stereocenters. The first-order valence-electron chi connectivity index (χ1n) is 10.9. The maximum Gasteiger partial charge on any atom is 0.243 e. The fourth-order valence-corrected chi connectivity index (χ4v) is 4.55. The van der Waals surface area contributed by atoms with Gasteiger partial charge in [-0.25, -0.2) is 0 Å². The van der Waals surface area contributed by atoms with E-state index in [0.29, 0.717) is 24.5 Å². The molecule has 0 saturated carbocycles. The summed E-state index contributed by atoms with van der Waals surface area (Å²) in [5, 5.41) is 3.48. The number of nitrogens with zero attached hydrogens (tertiary/aromatic N) is 1. The molecule has 166 valence electrons. The zero-order valence-electron chi connectivity index (χ0n) is 18.9. The summed E-state index contributed by atoms with van der Waals surface area (Å²) in [4.78, 5) is 15.9. The average molecular weight is 431 g/mol. The lowest BCUT2D eigenvalue weighted by Gasteiger charge is -2.44. The molecule has 1 aliphatic heterocycles. The summed E-state index contributed by atoms with van der Waals surface area (Å²) in [5.74, 6) is 1.44. The van der Waals surface area contributed by atoms with Gasteiger partial charge in [0.25, 0.3) is 0 Å². The molecule has 1 aliphatic rings. The van der Waals surface area contributed by atoms with Crippen molar-refractivity contribution in [3.63, 3.8) is 0 Å². The van der Waals surface area contributed by atoms with E-state index in [-0.39, 0.29) is 11.9 Å². The van der Waals surface area contributed by atoms with E-state index in [9.17, 15) is 4.79 Å². The highest BCUT2D eigenvalue weighted by Gasteiger charge is 2.42. The third-order valence-electron chi connectivity index (χ3n) is 6.15. The molecule has 0 radical (unpaired) electrons. The molecule has 4 rings (SSSR count). The Hall–Kier alpha value is -3.31. The van der Waals surface area contributed by atoms with Crippen molar-refractivity contribution in [1.29, 1.82) is 0 Å². The van der Waals surface area contributed by atoms with Gasteiger partial charge in [-0.15, -0.1) is 0 Å². The average Bonchev–Trinajstić information content (AvgIpc) is 2.83. The molecule has 1 amide bonds. The Labute approximate surface area is 190 Å². The van der Waals surface area contributed by atoms with Crippen LogP contribution in [0.5, 0.6) is 11.5 Å². The minimum atomic E-state index is -0.723. The van der Waals surface area contributed by atoms with E-state index in [4.69, 9.17) is 9.47 Å². The lowest BCUT2D eigenvalue weighted by Crippen LogP contribution is -2.64. The molecule has 32 heavy (non-hydrogen) atoms. The van der Waals surface area contributed by atoms with Crippen LogP contribution in [0.1, 0.15) is 29.7 Å². The Morgan fingerprint density at radius 2 is 1.50 bits per heavy atom. The minimum absolute atomic E-state index is 0.0937. The van der Waals surface area contributed by atoms with Crippen molar-refractivity contribution >= 4 is 5.91 Å². The lowest BCUT2D eigenvalue weighted by atomic mass is 9.87. The van der Waals surface area contributed by atoms with Crippen molar-refractivity contribution < 1.29 is 14.3 Å². The first kappa shape index (κ1) is 21.9. The molecule has 5 nitrogen and oxygen atoms in total. The van der Waals surface area contributed by atoms with Crippen molar-refractivity contribution in [2.45, 2.75) is 24.9 Å². The third kappa shape index (κ3) is 4.34. The maximum absolute atomic E-state index is 13.9. The number of benzene rings is 3. The van der Waals surface area contributed by atoms with E-state index < -0.39 is 5.54 Å². The second-order valence-corrected chi connectivity index (χ2v) is 8.35. The highest BCUT2D eigenvalue weighted by atomic mass is 16.5. The second-order valence-electron chi connectivity index (χ2n) is 8.35. The summed E-state index contributed by atoms with van der Waals surface area (Å²) in [5.41, 5.74) is 2.52. The molecular formula is C27H30N2O3. The van der Waals surface area contributed by atoms with Gasteiger partial charge in [-0.2, -0.15) is 0 Å². The van der Waals surface area contributed by atoms with Crippen molar-refractivity contribution in [2.75, 3.05) is 27.3 Å². The summed E-state index contributed by atoms with van der Waals surface area (Å²) < 4.78 is 10.8. The van der Waals surface area contributed by atoms with Gasteiger partial charge in [-0.3, -0.25) is 4.79 Å². The van der Waals surface area contributed by atoms with Gasteiger partial charge in [-0.05, 0) is 42.2 Å². The molecular weight excluding hydrogens is 400 g/mol. The first-order chi connectivity index (χ1) is 15.6. The highest BCUT2D eigenvalue weighted by Crippen LogP contribution is 2.34. The molecule has 1 heterocycles. The van der Waals surface area contributed by atoms with Crippen LogP contribution in [0.2, 0.25) is 0 Å². The van der Waals surface area contributed by atoms with Gasteiger partial charge in [0.2, 0.25) is 5.91 Å². The van der Waals surface area contributed by atoms with Crippen LogP contribution in [-0.2, 0) is 11.2 Å². The Morgan fingerprint density at radius 3 is 2.06 bits per heavy atom. The standard InChI is InChI=1S/C27H30N2O3/c1-27(19-20-14-15-23(31-2)24(18-20)32-3)26(30)29(17-16-28-27)25(21-10-6-4-7-11-21)22-12-8-5-9-13-22/h4-15,18,25,28H,16-17,19H2,1-3H3. The zero-order chi connectivity index (χ0) is 22.6. The predicted octanol–water partition coefficient (Wildman–Crippen LogP) is 4.23. The normalized spacial score (nSPS) is 18.6. The van der Waals surface area contributed by atoms with Gasteiger partial charge in [0.05, 0.1) is 25.8 Å². The molecule has 3 aromatic rings. The van der Waals surface area contributed by atoms with Crippen LogP contribution in [0.25, 0.3) is 0 Å². The maximum atomic E-state index is 13.9. The number of rotatable bonds is 7. The lowest BCUT2D eigenvalue weighted by molar-refractivity contribution is -0.142. The van der Waals surface area contributed by atoms with Crippen LogP contribution in [0.4, 0.5) is 0 Å². The first-order valence-corrected chi connectivity index (χ1v) is 10.9. The van der Waals surface area contributed by atoms with Crippen molar-refractivity contribution in [1.82, 2.24) is 10.2 Å². The molecule has 0 bridgehead atoms. The number of piperazine rings is 1. The van der Waals surface area contributed by atoms with Crippen LogP contribution in [0.15, 0.2) is 78.9 Å². The molecule has 0 spiro atoms. The fraction of sp³-hybridized carbons (Fsp3) is 0.296. The second kappa shape index (κ2) is 9.45. The Balaban J connectivity index is 1.66. The summed E-state index contributed by atoms with van der Waals surface area (Å²) in [7, 11) is 3.25. The molecule has 3 aromatic carbocycles. The number of carbonyl (C=O) groups excluding carboxylic acids is 1. The van der Waals surface area contributed by atoms with E-state index in [2.05, 4.69) is 29.6 Å². The van der Waals surface area contributed by atoms with Crippen LogP contribution < -0.4 is 14.8 Å². The molecule has 5 heteroatoms. The van der Waals surface area contributed by atoms with Crippen molar-refractivity contribution in [2.24, 2.45) is 0 Å². The van der Waals surface area contributed by atoms with Crippen LogP contribution in [0, 0.1) is 0 Å². The summed E-state index contributed by atoms with van der Waals surface area (Å²) >= 11 is 0. The molecule has 1 saturated heterocycles. The zero-order valence-corrected chi connectivity index (χ0v) is 18.9. The Morgan fingerprint density at radius 1 is 0.906 bits per heavy atom. The Kier molecular flexibility index (Phi) is 6.47. The highest BCUT2D eigenvalue weighted by molar-refractivity contribution is 5.88. The van der Waals surface area contributed by atoms with Gasteiger partial charge in [-0.1, -0.05) is 66.7 Å². The summed E-state index contributed by atoms with van der Waals surface area (Å²) in [6.45, 7) is 3.37. The largest absolute Gasteiger partial charge is 0.493 e. The monoisotopic (exact) mass is 430 g/mol. The molecule has 0 aliphatic carbocycles. The fourth-order valence-electron chi connectivity index (χ4n) is 4.55. The smallest absolute Gasteiger partial charge is 0.243 e. The van der Waals surface area contributed by atoms with Gasteiger partial charge >= 0.3 is 0 Å². The minimum Gasteiger partial charge on any atom is -0.493 e. The number of hydrogen-bond donors (Lipinski definition) is 1. The van der Waals surface area contributed by atoms with Gasteiger partial charge < -0.3 is 19.7 Å². The van der Waals surface area contributed by atoms with Gasteiger partial charge in [0.15, 0.2) is 11.5 Å². The van der Waals surface area contributed by atoms with Crippen molar-refractivity contribution in [3.8, 4) is 11.5 Å². The number of carbonyl (C=O) groups is 1. The SMILES string of the molecule is COc1ccc(CC2(C)NCCN(C(c3ccccc3)c3ccccc3)C2=O)cc1OC. The molecule has 1 atom stereocenters. The van der Waals surface area contributed by atoms with E-state index >= 15 is 0 Å². The molecule has 1 fully saturated rings. The summed E-state index contributed by atoms with van der Waals surface area (Å²) in [6.07, 6.45) is 0.555. The van der Waals surface area contributed by atoms with Crippen molar-refractivity contribution in [3.05, 3.63) is 95.6 Å². The van der Waals surface area contributed by atoms with Crippen LogP contribution in [0.3, 0.4) is 0 Å². The van der Waals surface area contributed by atoms with Crippen LogP contribution in [-0.4, -0.2) is 43.7 Å². The van der Waals surface area contributed by atoms with E-state index in [0.717, 1.165) is 23.2 Å².